The third-order valence-corrected chi connectivity index (χ3v) is 18.4. The van der Waals surface area contributed by atoms with Gasteiger partial charge in [0.25, 0.3) is 0 Å². The molecule has 0 N–H and O–H groups in total. The zero-order valence-corrected chi connectivity index (χ0v) is 42.8. The molecule has 2 unspecified atom stereocenters. The fraction of sp³-hybridized carbons (Fsp3) is 0.318. The molecule has 3 heteroatoms. The zero-order chi connectivity index (χ0) is 48.0. The van der Waals surface area contributed by atoms with Crippen LogP contribution in [0.1, 0.15) is 146 Å². The largest absolute Gasteiger partial charge is 0.310 e. The van der Waals surface area contributed by atoms with E-state index in [1.165, 1.54) is 125 Å². The lowest BCUT2D eigenvalue weighted by molar-refractivity contribution is -0.764. The number of pyridine rings is 1. The highest BCUT2D eigenvalue weighted by Gasteiger charge is 2.57. The normalized spacial score (nSPS) is 20.2. The SMILES string of the molecule is CCCCc1cccc(N(c2ccccc2)c2cc3c4c(c2)C(C)(C)c2cc(-c5ccc6c(c5)-c5c7ccccc7cc[n+]5C(C)(CC)C6(C)CC)cc5c2N4c2c(cccc2C3(C)C)C5(C)C)c1. The molecule has 0 aliphatic carbocycles. The van der Waals surface area contributed by atoms with Gasteiger partial charge in [-0.05, 0) is 148 Å². The molecule has 0 bridgehead atoms. The van der Waals surface area contributed by atoms with E-state index in [0.717, 1.165) is 19.3 Å². The summed E-state index contributed by atoms with van der Waals surface area (Å²) in [5, 5.41) is 2.61. The van der Waals surface area contributed by atoms with Crippen molar-refractivity contribution >= 4 is 44.9 Å². The van der Waals surface area contributed by atoms with Crippen molar-refractivity contribution in [2.45, 2.75) is 135 Å². The summed E-state index contributed by atoms with van der Waals surface area (Å²) >= 11 is 0. The average molecular weight is 903 g/mol. The molecule has 2 atom stereocenters. The number of anilines is 6. The lowest BCUT2D eigenvalue weighted by Crippen LogP contribution is -2.67. The van der Waals surface area contributed by atoms with E-state index >= 15 is 0 Å². The topological polar surface area (TPSA) is 10.4 Å². The Kier molecular flexibility index (Phi) is 9.54. The van der Waals surface area contributed by atoms with Crippen LogP contribution in [0.4, 0.5) is 34.1 Å². The number of rotatable bonds is 9. The Hall–Kier alpha value is -6.45. The number of para-hydroxylation sites is 2. The smallest absolute Gasteiger partial charge is 0.221 e. The van der Waals surface area contributed by atoms with Gasteiger partial charge in [-0.2, -0.15) is 4.57 Å². The Balaban J connectivity index is 1.12. The second-order valence-corrected chi connectivity index (χ2v) is 22.9. The van der Waals surface area contributed by atoms with Gasteiger partial charge in [0.1, 0.15) is 0 Å². The molecule has 3 nitrogen and oxygen atoms in total. The molecule has 0 saturated heterocycles. The summed E-state index contributed by atoms with van der Waals surface area (Å²) in [6.07, 6.45) is 7.92. The van der Waals surface area contributed by atoms with Crippen molar-refractivity contribution in [3.8, 4) is 22.4 Å². The first-order chi connectivity index (χ1) is 33.1. The summed E-state index contributed by atoms with van der Waals surface area (Å²) < 4.78 is 2.65. The number of aryl methyl sites for hydroxylation is 1. The van der Waals surface area contributed by atoms with Crippen LogP contribution in [-0.2, 0) is 33.6 Å². The zero-order valence-electron chi connectivity index (χ0n) is 42.8. The van der Waals surface area contributed by atoms with Crippen molar-refractivity contribution in [1.82, 2.24) is 0 Å². The molecule has 12 rings (SSSR count). The van der Waals surface area contributed by atoms with E-state index in [0.29, 0.717) is 0 Å². The van der Waals surface area contributed by atoms with Crippen LogP contribution in [0.2, 0.25) is 0 Å². The fourth-order valence-electron chi connectivity index (χ4n) is 13.7. The van der Waals surface area contributed by atoms with E-state index < -0.39 is 0 Å². The van der Waals surface area contributed by atoms with E-state index in [2.05, 4.69) is 242 Å². The van der Waals surface area contributed by atoms with Crippen LogP contribution in [0, 0.1) is 0 Å². The molecule has 8 aromatic rings. The average Bonchev–Trinajstić information content (AvgIpc) is 3.36. The number of fused-ring (bicyclic) bond motifs is 5. The third kappa shape index (κ3) is 5.83. The maximum atomic E-state index is 2.72. The van der Waals surface area contributed by atoms with Gasteiger partial charge in [-0.1, -0.05) is 148 Å². The highest BCUT2D eigenvalue weighted by Crippen LogP contribution is 2.67. The molecule has 0 radical (unpaired) electrons. The third-order valence-electron chi connectivity index (χ3n) is 18.4. The molecule has 69 heavy (non-hydrogen) atoms. The standard InChI is InChI=1S/C66H68N3/c1-12-15-23-42-24-21-28-47(36-42)68(46-26-17-16-18-27-46)48-40-56-61-57(41-48)64(8,9)55-39-45(38-54-60(55)69(61)59-52(62(54,4)5)30-22-31-53(59)63(56,6)7)44-32-33-51-50(37-44)58-49-29-20-19-25-43(49)34-35-67(58)66(11,14-3)65(51,10)13-2/h16-22,24-41H,12-15,23H2,1-11H3/q+1. The minimum Gasteiger partial charge on any atom is -0.310 e. The van der Waals surface area contributed by atoms with Crippen molar-refractivity contribution in [1.29, 1.82) is 0 Å². The first kappa shape index (κ1) is 43.8. The number of nitrogens with zero attached hydrogens (tertiary/aromatic N) is 3. The van der Waals surface area contributed by atoms with Gasteiger partial charge in [0.05, 0.1) is 33.4 Å². The number of hydrogen-bond donors (Lipinski definition) is 0. The van der Waals surface area contributed by atoms with Crippen LogP contribution in [0.15, 0.2) is 152 Å². The Labute approximate surface area is 411 Å². The monoisotopic (exact) mass is 903 g/mol. The summed E-state index contributed by atoms with van der Waals surface area (Å²) in [7, 11) is 0. The molecular weight excluding hydrogens is 835 g/mol. The van der Waals surface area contributed by atoms with Gasteiger partial charge in [0.15, 0.2) is 11.7 Å². The number of hydrogen-bond acceptors (Lipinski definition) is 2. The van der Waals surface area contributed by atoms with E-state index in [-0.39, 0.29) is 27.2 Å². The van der Waals surface area contributed by atoms with E-state index in [4.69, 9.17) is 0 Å². The maximum Gasteiger partial charge on any atom is 0.221 e. The van der Waals surface area contributed by atoms with Crippen LogP contribution in [0.3, 0.4) is 0 Å². The van der Waals surface area contributed by atoms with Crippen molar-refractivity contribution in [3.05, 3.63) is 196 Å². The predicted molar refractivity (Wildman–Crippen MR) is 291 cm³/mol. The molecule has 5 heterocycles. The number of benzene rings is 7. The maximum absolute atomic E-state index is 2.72. The Morgan fingerprint density at radius 2 is 1.07 bits per heavy atom. The quantitative estimate of drug-likeness (QED) is 0.134. The van der Waals surface area contributed by atoms with Crippen LogP contribution < -0.4 is 14.4 Å². The molecular formula is C66H68N3+. The Bertz CT molecular complexity index is 3430. The summed E-state index contributed by atoms with van der Waals surface area (Å²) in [4.78, 5) is 5.24. The highest BCUT2D eigenvalue weighted by molar-refractivity contribution is 6.01. The summed E-state index contributed by atoms with van der Waals surface area (Å²) in [6, 6.07) is 56.6. The van der Waals surface area contributed by atoms with Crippen molar-refractivity contribution in [2.24, 2.45) is 0 Å². The van der Waals surface area contributed by atoms with E-state index in [1.54, 1.807) is 0 Å². The minimum absolute atomic E-state index is 0.0609. The van der Waals surface area contributed by atoms with Crippen LogP contribution in [0.25, 0.3) is 33.2 Å². The number of unbranched alkanes of at least 4 members (excludes halogenated alkanes) is 1. The molecule has 0 spiro atoms. The van der Waals surface area contributed by atoms with Gasteiger partial charge in [-0.15, -0.1) is 0 Å². The van der Waals surface area contributed by atoms with E-state index in [9.17, 15) is 0 Å². The van der Waals surface area contributed by atoms with Gasteiger partial charge in [-0.25, -0.2) is 0 Å². The van der Waals surface area contributed by atoms with Crippen molar-refractivity contribution in [2.75, 3.05) is 9.80 Å². The first-order valence-corrected chi connectivity index (χ1v) is 26.0. The van der Waals surface area contributed by atoms with Gasteiger partial charge in [0, 0.05) is 52.7 Å². The van der Waals surface area contributed by atoms with Crippen molar-refractivity contribution in [3.63, 3.8) is 0 Å². The van der Waals surface area contributed by atoms with Gasteiger partial charge >= 0.3 is 0 Å². The highest BCUT2D eigenvalue weighted by atomic mass is 15.2. The van der Waals surface area contributed by atoms with Gasteiger partial charge in [0.2, 0.25) is 5.69 Å². The fourth-order valence-corrected chi connectivity index (χ4v) is 13.7. The summed E-state index contributed by atoms with van der Waals surface area (Å²) in [5.74, 6) is 0. The van der Waals surface area contributed by atoms with Crippen LogP contribution in [-0.4, -0.2) is 0 Å². The lowest BCUT2D eigenvalue weighted by atomic mass is 9.60. The minimum atomic E-state index is -0.339. The predicted octanol–water partition coefficient (Wildman–Crippen LogP) is 17.5. The molecule has 7 aromatic carbocycles. The van der Waals surface area contributed by atoms with Gasteiger partial charge < -0.3 is 9.80 Å². The molecule has 0 saturated carbocycles. The molecule has 1 aromatic heterocycles. The second-order valence-electron chi connectivity index (χ2n) is 22.9. The Morgan fingerprint density at radius 1 is 0.478 bits per heavy atom. The van der Waals surface area contributed by atoms with Crippen molar-refractivity contribution < 1.29 is 4.57 Å². The van der Waals surface area contributed by atoms with Crippen LogP contribution >= 0.6 is 0 Å². The number of aromatic nitrogens is 1. The van der Waals surface area contributed by atoms with E-state index in [1.807, 2.05) is 0 Å². The van der Waals surface area contributed by atoms with Gasteiger partial charge in [-0.3, -0.25) is 0 Å². The molecule has 4 aliphatic heterocycles. The molecule has 346 valence electrons. The summed E-state index contributed by atoms with van der Waals surface area (Å²) in [6.45, 7) is 26.9. The molecule has 0 amide bonds. The Morgan fingerprint density at radius 3 is 1.72 bits per heavy atom. The molecule has 0 fully saturated rings. The molecule has 4 aliphatic rings. The second kappa shape index (κ2) is 15.0. The first-order valence-electron chi connectivity index (χ1n) is 26.0. The summed E-state index contributed by atoms with van der Waals surface area (Å²) in [5.41, 5.74) is 23.2. The lowest BCUT2D eigenvalue weighted by Gasteiger charge is -2.55. The van der Waals surface area contributed by atoms with Crippen LogP contribution in [0.5, 0.6) is 0 Å².